The molecule has 1 N–H and O–H groups in total. The van der Waals surface area contributed by atoms with E-state index < -0.39 is 0 Å². The first kappa shape index (κ1) is 19.8. The Kier molecular flexibility index (Phi) is 4.73. The third-order valence-corrected chi connectivity index (χ3v) is 6.21. The number of pyridine rings is 1. The van der Waals surface area contributed by atoms with E-state index in [1.54, 1.807) is 6.20 Å². The van der Waals surface area contributed by atoms with Gasteiger partial charge in [0.15, 0.2) is 0 Å². The predicted molar refractivity (Wildman–Crippen MR) is 131 cm³/mol. The maximum Gasteiger partial charge on any atom is 0.216 e. The smallest absolute Gasteiger partial charge is 0.216 e. The Balaban J connectivity index is 1.40. The van der Waals surface area contributed by atoms with Crippen molar-refractivity contribution in [3.63, 3.8) is 0 Å². The van der Waals surface area contributed by atoms with Crippen molar-refractivity contribution in [1.29, 1.82) is 0 Å². The van der Waals surface area contributed by atoms with E-state index in [1.807, 2.05) is 18.3 Å². The average Bonchev–Trinajstić information content (AvgIpc) is 3.24. The van der Waals surface area contributed by atoms with Crippen molar-refractivity contribution < 1.29 is 0 Å². The van der Waals surface area contributed by atoms with Crippen molar-refractivity contribution in [2.24, 2.45) is 4.99 Å². The average molecular weight is 439 g/mol. The molecular formula is C25H26N8. The Morgan fingerprint density at radius 1 is 1.03 bits per heavy atom. The zero-order chi connectivity index (χ0) is 22.4. The molecule has 0 spiro atoms. The number of imidazole rings is 1. The highest BCUT2D eigenvalue weighted by Crippen LogP contribution is 2.34. The Labute approximate surface area is 192 Å². The largest absolute Gasteiger partial charge is 0.378 e. The summed E-state index contributed by atoms with van der Waals surface area (Å²) < 4.78 is 2.28. The van der Waals surface area contributed by atoms with Crippen LogP contribution < -0.4 is 15.1 Å². The minimum absolute atomic E-state index is 0.0801. The van der Waals surface area contributed by atoms with E-state index >= 15 is 0 Å². The molecule has 166 valence electrons. The van der Waals surface area contributed by atoms with Crippen LogP contribution in [0.4, 0.5) is 11.6 Å². The van der Waals surface area contributed by atoms with E-state index in [2.05, 4.69) is 92.2 Å². The van der Waals surface area contributed by atoms with Gasteiger partial charge in [0.2, 0.25) is 11.9 Å². The molecule has 8 heteroatoms. The summed E-state index contributed by atoms with van der Waals surface area (Å²) in [7, 11) is 4.11. The number of para-hydroxylation sites is 2. The highest BCUT2D eigenvalue weighted by atomic mass is 15.5. The number of nitrogens with one attached hydrogen (secondary N) is 1. The summed E-state index contributed by atoms with van der Waals surface area (Å²) in [6.07, 6.45) is 3.64. The van der Waals surface area contributed by atoms with Crippen molar-refractivity contribution in [3.05, 3.63) is 84.2 Å². The Morgan fingerprint density at radius 3 is 2.67 bits per heavy atom. The lowest BCUT2D eigenvalue weighted by Crippen LogP contribution is -2.57. The van der Waals surface area contributed by atoms with Gasteiger partial charge < -0.3 is 10.2 Å². The normalized spacial score (nSPS) is 17.8. The predicted octanol–water partition coefficient (Wildman–Crippen LogP) is 3.24. The summed E-state index contributed by atoms with van der Waals surface area (Å²) in [5.74, 6) is 1.77. The number of rotatable bonds is 4. The molecule has 2 aromatic carbocycles. The lowest BCUT2D eigenvalue weighted by molar-refractivity contribution is 0.263. The summed E-state index contributed by atoms with van der Waals surface area (Å²) in [6.45, 7) is 2.12. The fraction of sp³-hybridized carbons (Fsp3) is 0.240. The molecule has 2 aliphatic heterocycles. The molecule has 0 saturated heterocycles. The maximum absolute atomic E-state index is 5.02. The van der Waals surface area contributed by atoms with Gasteiger partial charge in [0.05, 0.1) is 24.4 Å². The summed E-state index contributed by atoms with van der Waals surface area (Å²) in [5, 5.41) is 3.69. The monoisotopic (exact) mass is 438 g/mol. The number of aliphatic imine (C=N–C) groups is 1. The first-order valence-corrected chi connectivity index (χ1v) is 11.1. The molecule has 2 aliphatic rings. The highest BCUT2D eigenvalue weighted by molar-refractivity contribution is 5.98. The number of benzene rings is 2. The van der Waals surface area contributed by atoms with Crippen LogP contribution in [0.25, 0.3) is 11.0 Å². The third kappa shape index (κ3) is 3.48. The highest BCUT2D eigenvalue weighted by Gasteiger charge is 2.35. The van der Waals surface area contributed by atoms with Crippen molar-refractivity contribution in [2.45, 2.75) is 12.7 Å². The molecule has 0 radical (unpaired) electrons. The van der Waals surface area contributed by atoms with E-state index in [0.29, 0.717) is 13.3 Å². The van der Waals surface area contributed by atoms with E-state index in [-0.39, 0.29) is 6.17 Å². The maximum atomic E-state index is 5.02. The molecule has 0 amide bonds. The molecule has 4 aromatic rings. The van der Waals surface area contributed by atoms with Crippen molar-refractivity contribution in [1.82, 2.24) is 24.8 Å². The molecule has 6 rings (SSSR count). The van der Waals surface area contributed by atoms with Gasteiger partial charge in [0.1, 0.15) is 6.17 Å². The van der Waals surface area contributed by atoms with Gasteiger partial charge in [-0.05, 0) is 41.5 Å². The first-order valence-electron chi connectivity index (χ1n) is 11.1. The minimum Gasteiger partial charge on any atom is -0.378 e. The summed E-state index contributed by atoms with van der Waals surface area (Å²) in [5.41, 5.74) is 5.60. The lowest BCUT2D eigenvalue weighted by Gasteiger charge is -2.41. The van der Waals surface area contributed by atoms with E-state index in [1.165, 1.54) is 16.8 Å². The van der Waals surface area contributed by atoms with Crippen molar-refractivity contribution in [2.75, 3.05) is 37.2 Å². The topological polar surface area (TPSA) is 64.8 Å². The first-order chi connectivity index (χ1) is 16.2. The lowest BCUT2D eigenvalue weighted by atomic mass is 10.1. The van der Waals surface area contributed by atoms with Crippen LogP contribution in [0.15, 0.2) is 78.0 Å². The van der Waals surface area contributed by atoms with Crippen LogP contribution in [0, 0.1) is 0 Å². The molecule has 4 heterocycles. The van der Waals surface area contributed by atoms with E-state index in [0.717, 1.165) is 29.5 Å². The number of aromatic nitrogens is 3. The molecule has 1 atom stereocenters. The number of hydrogen-bond acceptors (Lipinski definition) is 7. The van der Waals surface area contributed by atoms with Gasteiger partial charge in [-0.3, -0.25) is 19.4 Å². The van der Waals surface area contributed by atoms with Gasteiger partial charge in [0.25, 0.3) is 0 Å². The van der Waals surface area contributed by atoms with Crippen LogP contribution in [0.2, 0.25) is 0 Å². The Hall–Kier alpha value is -3.91. The molecule has 33 heavy (non-hydrogen) atoms. The van der Waals surface area contributed by atoms with Crippen LogP contribution in [0.5, 0.6) is 0 Å². The Morgan fingerprint density at radius 2 is 1.88 bits per heavy atom. The fourth-order valence-electron chi connectivity index (χ4n) is 4.55. The minimum atomic E-state index is -0.0801. The zero-order valence-corrected chi connectivity index (χ0v) is 18.8. The second kappa shape index (κ2) is 7.90. The molecule has 0 aliphatic carbocycles. The fourth-order valence-corrected chi connectivity index (χ4v) is 4.55. The van der Waals surface area contributed by atoms with Gasteiger partial charge >= 0.3 is 0 Å². The summed E-state index contributed by atoms with van der Waals surface area (Å²) >= 11 is 0. The van der Waals surface area contributed by atoms with Gasteiger partial charge in [0, 0.05) is 38.7 Å². The number of fused-ring (bicyclic) bond motifs is 5. The van der Waals surface area contributed by atoms with Crippen LogP contribution >= 0.6 is 0 Å². The standard InChI is InChI=1S/C25H26N8/c1-30(2)20-11-9-19(10-12-20)23-29-24-27-16-31(15-18-6-5-13-26-14-18)17-32(24)25-28-21-7-3-4-8-22(21)33(23)25/h3-14,23H,15-17H2,1-2H3,(H,27,29)/t23-/m1/s1. The molecule has 8 nitrogen and oxygen atoms in total. The van der Waals surface area contributed by atoms with Gasteiger partial charge in [-0.25, -0.2) is 9.98 Å². The molecule has 0 unspecified atom stereocenters. The van der Waals surface area contributed by atoms with Gasteiger partial charge in [-0.1, -0.05) is 30.3 Å². The SMILES string of the molecule is CN(C)c1ccc([C@@H]2NC3=NCN(Cc4cccnc4)CN3c3nc4ccccc4n32)cc1. The number of guanidine groups is 1. The zero-order valence-electron chi connectivity index (χ0n) is 18.8. The van der Waals surface area contributed by atoms with Crippen molar-refractivity contribution >= 4 is 28.6 Å². The van der Waals surface area contributed by atoms with Crippen LogP contribution in [0.3, 0.4) is 0 Å². The molecule has 0 bridgehead atoms. The number of nitrogens with zero attached hydrogens (tertiary/aromatic N) is 7. The quantitative estimate of drug-likeness (QED) is 0.528. The molecule has 0 fully saturated rings. The molecule has 0 saturated carbocycles. The van der Waals surface area contributed by atoms with Crippen LogP contribution in [-0.4, -0.2) is 52.8 Å². The van der Waals surface area contributed by atoms with Gasteiger partial charge in [-0.15, -0.1) is 0 Å². The van der Waals surface area contributed by atoms with E-state index in [4.69, 9.17) is 9.98 Å². The second-order valence-electron chi connectivity index (χ2n) is 8.69. The number of anilines is 2. The number of hydrogen-bond donors (Lipinski definition) is 1. The van der Waals surface area contributed by atoms with Crippen LogP contribution in [-0.2, 0) is 6.54 Å². The Bertz CT molecular complexity index is 1310. The summed E-state index contributed by atoms with van der Waals surface area (Å²) in [6, 6.07) is 21.0. The molecular weight excluding hydrogens is 412 g/mol. The second-order valence-corrected chi connectivity index (χ2v) is 8.69. The molecule has 2 aromatic heterocycles. The van der Waals surface area contributed by atoms with E-state index in [9.17, 15) is 0 Å². The third-order valence-electron chi connectivity index (χ3n) is 6.21. The van der Waals surface area contributed by atoms with Crippen LogP contribution in [0.1, 0.15) is 17.3 Å². The van der Waals surface area contributed by atoms with Crippen molar-refractivity contribution in [3.8, 4) is 0 Å². The summed E-state index contributed by atoms with van der Waals surface area (Å²) in [4.78, 5) is 20.7. The van der Waals surface area contributed by atoms with Gasteiger partial charge in [-0.2, -0.15) is 0 Å².